The maximum absolute atomic E-state index is 11.8. The number of rotatable bonds is 1. The second-order valence-electron chi connectivity index (χ2n) is 4.34. The van der Waals surface area contributed by atoms with Gasteiger partial charge in [0.15, 0.2) is 5.82 Å². The van der Waals surface area contributed by atoms with E-state index in [4.69, 9.17) is 5.73 Å². The van der Waals surface area contributed by atoms with Crippen molar-refractivity contribution >= 4 is 36.3 Å². The summed E-state index contributed by atoms with van der Waals surface area (Å²) in [6, 6.07) is 0. The number of nitrogens with zero attached hydrogens (tertiary/aromatic N) is 3. The van der Waals surface area contributed by atoms with Crippen molar-refractivity contribution in [3.8, 4) is 0 Å². The number of aromatic nitrogens is 2. The van der Waals surface area contributed by atoms with E-state index < -0.39 is 0 Å². The lowest BCUT2D eigenvalue weighted by Gasteiger charge is -2.19. The largest absolute Gasteiger partial charge is 0.391 e. The topological polar surface area (TPSA) is 56.2 Å². The van der Waals surface area contributed by atoms with Crippen LogP contribution < -0.4 is 16.2 Å². The second-order valence-corrected chi connectivity index (χ2v) is 4.34. The summed E-state index contributed by atoms with van der Waals surface area (Å²) in [5.41, 5.74) is 6.33. The lowest BCUT2D eigenvalue weighted by molar-refractivity contribution is 0.589. The van der Waals surface area contributed by atoms with Gasteiger partial charge < -0.3 is 10.6 Å². The van der Waals surface area contributed by atoms with Crippen LogP contribution in [0.25, 0.3) is 0 Å². The van der Waals surface area contributed by atoms with Crippen LogP contribution in [0, 0.1) is 0 Å². The van der Waals surface area contributed by atoms with Gasteiger partial charge in [0.2, 0.25) is 0 Å². The zero-order valence-electron chi connectivity index (χ0n) is 9.59. The van der Waals surface area contributed by atoms with Crippen molar-refractivity contribution in [2.75, 3.05) is 23.7 Å². The van der Waals surface area contributed by atoms with Crippen LogP contribution in [0.1, 0.15) is 19.3 Å². The summed E-state index contributed by atoms with van der Waals surface area (Å²) in [7, 11) is 0. The fraction of sp³-hybridized carbons (Fsp3) is 0.700. The molecule has 0 aromatic carbocycles. The minimum Gasteiger partial charge on any atom is -0.391 e. The first-order valence-corrected chi connectivity index (χ1v) is 5.63. The van der Waals surface area contributed by atoms with Gasteiger partial charge in [-0.25, -0.2) is 4.68 Å². The highest BCUT2D eigenvalue weighted by molar-refractivity contribution is 5.85. The third kappa shape index (κ3) is 2.02. The van der Waals surface area contributed by atoms with E-state index in [1.807, 2.05) is 0 Å². The Hall–Kier alpha value is -0.810. The Balaban J connectivity index is 0.000000722. The molecule has 1 saturated heterocycles. The van der Waals surface area contributed by atoms with Crippen LogP contribution in [0.15, 0.2) is 4.79 Å². The average molecular weight is 281 g/mol. The predicted octanol–water partition coefficient (Wildman–Crippen LogP) is 1.08. The number of anilines is 2. The summed E-state index contributed by atoms with van der Waals surface area (Å²) in [6.45, 7) is 3.82. The van der Waals surface area contributed by atoms with E-state index >= 15 is 0 Å². The molecule has 0 saturated carbocycles. The van der Waals surface area contributed by atoms with Crippen LogP contribution in [0.4, 0.5) is 11.5 Å². The Labute approximate surface area is 112 Å². The molecule has 0 atom stereocenters. The van der Waals surface area contributed by atoms with Gasteiger partial charge in [-0.1, -0.05) is 0 Å². The smallest absolute Gasteiger partial charge is 0.292 e. The highest BCUT2D eigenvalue weighted by atomic mass is 35.5. The lowest BCUT2D eigenvalue weighted by atomic mass is 10.4. The second kappa shape index (κ2) is 5.23. The molecule has 0 aliphatic carbocycles. The minimum atomic E-state index is -0.00519. The SMILES string of the molecule is Cl.Cl.Nc1c(N2CCCC2)n2n(c1=O)CCC2. The summed E-state index contributed by atoms with van der Waals surface area (Å²) < 4.78 is 3.84. The maximum atomic E-state index is 11.8. The van der Waals surface area contributed by atoms with E-state index in [0.29, 0.717) is 5.69 Å². The quantitative estimate of drug-likeness (QED) is 0.838. The molecule has 3 rings (SSSR count). The zero-order chi connectivity index (χ0) is 10.4. The monoisotopic (exact) mass is 280 g/mol. The summed E-state index contributed by atoms with van der Waals surface area (Å²) >= 11 is 0. The standard InChI is InChI=1S/C10H16N4O.2ClH/c11-8-9(12-4-1-2-5-12)13-6-3-7-14(13)10(8)15;;/h1-7,11H2;2*1H. The molecule has 0 unspecified atom stereocenters. The van der Waals surface area contributed by atoms with Crippen LogP contribution in [-0.4, -0.2) is 22.5 Å². The molecule has 1 aromatic heterocycles. The van der Waals surface area contributed by atoms with Gasteiger partial charge in [0.1, 0.15) is 5.69 Å². The lowest BCUT2D eigenvalue weighted by Crippen LogP contribution is -2.22. The van der Waals surface area contributed by atoms with Gasteiger partial charge in [-0.2, -0.15) is 0 Å². The van der Waals surface area contributed by atoms with Crippen LogP contribution >= 0.6 is 24.8 Å². The Morgan fingerprint density at radius 2 is 1.47 bits per heavy atom. The number of halogens is 2. The minimum absolute atomic E-state index is 0. The van der Waals surface area contributed by atoms with Gasteiger partial charge in [0, 0.05) is 26.2 Å². The van der Waals surface area contributed by atoms with Crippen LogP contribution in [0.3, 0.4) is 0 Å². The molecule has 0 bridgehead atoms. The molecule has 0 amide bonds. The van der Waals surface area contributed by atoms with Gasteiger partial charge in [0.25, 0.3) is 5.56 Å². The Morgan fingerprint density at radius 3 is 2.12 bits per heavy atom. The van der Waals surface area contributed by atoms with Crippen molar-refractivity contribution in [2.24, 2.45) is 0 Å². The van der Waals surface area contributed by atoms with Gasteiger partial charge in [-0.3, -0.25) is 9.48 Å². The molecule has 2 N–H and O–H groups in total. The van der Waals surface area contributed by atoms with E-state index in [9.17, 15) is 4.79 Å². The fourth-order valence-corrected chi connectivity index (χ4v) is 2.68. The van der Waals surface area contributed by atoms with Crippen LogP contribution in [-0.2, 0) is 13.1 Å². The Morgan fingerprint density at radius 1 is 0.882 bits per heavy atom. The molecule has 98 valence electrons. The molecule has 3 heterocycles. The van der Waals surface area contributed by atoms with E-state index in [2.05, 4.69) is 9.58 Å². The molecule has 0 radical (unpaired) electrons. The van der Waals surface area contributed by atoms with Crippen molar-refractivity contribution in [1.29, 1.82) is 0 Å². The number of fused-ring (bicyclic) bond motifs is 1. The third-order valence-corrected chi connectivity index (χ3v) is 3.39. The molecule has 1 aromatic rings. The molecule has 17 heavy (non-hydrogen) atoms. The summed E-state index contributed by atoms with van der Waals surface area (Å²) in [5.74, 6) is 0.968. The molecular weight excluding hydrogens is 263 g/mol. The third-order valence-electron chi connectivity index (χ3n) is 3.39. The Bertz CT molecular complexity index is 448. The first kappa shape index (κ1) is 14.3. The van der Waals surface area contributed by atoms with Crippen LogP contribution in [0.5, 0.6) is 0 Å². The van der Waals surface area contributed by atoms with Crippen molar-refractivity contribution in [3.63, 3.8) is 0 Å². The van der Waals surface area contributed by atoms with Gasteiger partial charge in [-0.05, 0) is 19.3 Å². The molecule has 5 nitrogen and oxygen atoms in total. The van der Waals surface area contributed by atoms with Gasteiger partial charge in [-0.15, -0.1) is 24.8 Å². The summed E-state index contributed by atoms with van der Waals surface area (Å²) in [6.07, 6.45) is 3.47. The summed E-state index contributed by atoms with van der Waals surface area (Å²) in [5, 5.41) is 0. The Kier molecular flexibility index (Phi) is 4.38. The normalized spacial score (nSPS) is 17.5. The fourth-order valence-electron chi connectivity index (χ4n) is 2.68. The van der Waals surface area contributed by atoms with E-state index in [1.165, 1.54) is 12.8 Å². The molecule has 2 aliphatic rings. The molecular formula is C10H18Cl2N4O. The highest BCUT2D eigenvalue weighted by Crippen LogP contribution is 2.27. The molecule has 7 heteroatoms. The van der Waals surface area contributed by atoms with Gasteiger partial charge in [0.05, 0.1) is 0 Å². The number of nitrogen functional groups attached to an aromatic ring is 1. The van der Waals surface area contributed by atoms with E-state index in [0.717, 1.165) is 38.4 Å². The first-order chi connectivity index (χ1) is 7.29. The van der Waals surface area contributed by atoms with E-state index in [1.54, 1.807) is 4.68 Å². The molecule has 0 spiro atoms. The van der Waals surface area contributed by atoms with E-state index in [-0.39, 0.29) is 30.4 Å². The number of hydrogen-bond donors (Lipinski definition) is 1. The molecule has 2 aliphatic heterocycles. The number of nitrogens with two attached hydrogens (primary N) is 1. The average Bonchev–Trinajstić information content (AvgIpc) is 2.89. The summed E-state index contributed by atoms with van der Waals surface area (Å²) in [4.78, 5) is 14.1. The van der Waals surface area contributed by atoms with Crippen molar-refractivity contribution < 1.29 is 0 Å². The zero-order valence-corrected chi connectivity index (χ0v) is 11.2. The van der Waals surface area contributed by atoms with Crippen molar-refractivity contribution in [2.45, 2.75) is 32.4 Å². The van der Waals surface area contributed by atoms with Crippen molar-refractivity contribution in [3.05, 3.63) is 10.4 Å². The first-order valence-electron chi connectivity index (χ1n) is 5.63. The number of hydrogen-bond acceptors (Lipinski definition) is 3. The highest BCUT2D eigenvalue weighted by Gasteiger charge is 2.26. The van der Waals surface area contributed by atoms with Crippen molar-refractivity contribution in [1.82, 2.24) is 9.36 Å². The predicted molar refractivity (Wildman–Crippen MR) is 73.7 cm³/mol. The van der Waals surface area contributed by atoms with Crippen LogP contribution in [0.2, 0.25) is 0 Å². The van der Waals surface area contributed by atoms with Gasteiger partial charge >= 0.3 is 0 Å². The maximum Gasteiger partial charge on any atom is 0.292 e. The molecule has 1 fully saturated rings.